The third-order valence-electron chi connectivity index (χ3n) is 3.14. The molecule has 0 saturated heterocycles. The second-order valence-electron chi connectivity index (χ2n) is 4.60. The highest BCUT2D eigenvalue weighted by Crippen LogP contribution is 2.19. The Balaban J connectivity index is 2.03. The van der Waals surface area contributed by atoms with Crippen LogP contribution < -0.4 is 10.1 Å². The van der Waals surface area contributed by atoms with Crippen LogP contribution in [0.1, 0.15) is 47.7 Å². The molecule has 1 amide bonds. The van der Waals surface area contributed by atoms with Gasteiger partial charge in [0.05, 0.1) is 18.3 Å². The second-order valence-corrected chi connectivity index (χ2v) is 5.35. The lowest BCUT2D eigenvalue weighted by Gasteiger charge is -2.14. The lowest BCUT2D eigenvalue weighted by Crippen LogP contribution is -2.26. The molecule has 0 fully saturated rings. The zero-order chi connectivity index (χ0) is 15.2. The minimum Gasteiger partial charge on any atom is -0.494 e. The van der Waals surface area contributed by atoms with Crippen molar-refractivity contribution in [1.82, 2.24) is 14.9 Å². The fraction of sp³-hybridized carbons (Fsp3) is 0.400. The van der Waals surface area contributed by atoms with Crippen LogP contribution in [0.4, 0.5) is 0 Å². The van der Waals surface area contributed by atoms with Crippen molar-refractivity contribution in [3.05, 3.63) is 40.4 Å². The molecular weight excluding hydrogens is 286 g/mol. The van der Waals surface area contributed by atoms with Gasteiger partial charge in [0.2, 0.25) is 0 Å². The molecule has 2 rings (SSSR count). The van der Waals surface area contributed by atoms with Crippen molar-refractivity contribution in [2.24, 2.45) is 0 Å². The third-order valence-corrected chi connectivity index (χ3v) is 3.90. The van der Waals surface area contributed by atoms with E-state index in [4.69, 9.17) is 4.74 Å². The molecule has 1 aromatic heterocycles. The lowest BCUT2D eigenvalue weighted by molar-refractivity contribution is 0.0943. The maximum atomic E-state index is 12.2. The van der Waals surface area contributed by atoms with Crippen LogP contribution in [-0.2, 0) is 6.42 Å². The summed E-state index contributed by atoms with van der Waals surface area (Å²) >= 11 is 1.14. The molecule has 0 bridgehead atoms. The maximum absolute atomic E-state index is 12.2. The van der Waals surface area contributed by atoms with E-state index in [1.165, 1.54) is 0 Å². The summed E-state index contributed by atoms with van der Waals surface area (Å²) in [5.41, 5.74) is 1.78. The molecule has 21 heavy (non-hydrogen) atoms. The van der Waals surface area contributed by atoms with Gasteiger partial charge in [0, 0.05) is 0 Å². The predicted octanol–water partition coefficient (Wildman–Crippen LogP) is 2.99. The van der Waals surface area contributed by atoms with Gasteiger partial charge in [-0.2, -0.15) is 0 Å². The van der Waals surface area contributed by atoms with Crippen LogP contribution in [-0.4, -0.2) is 22.1 Å². The topological polar surface area (TPSA) is 64.1 Å². The summed E-state index contributed by atoms with van der Waals surface area (Å²) in [6.45, 7) is 6.51. The van der Waals surface area contributed by atoms with Gasteiger partial charge in [-0.1, -0.05) is 23.5 Å². The van der Waals surface area contributed by atoms with Crippen LogP contribution in [0.2, 0.25) is 0 Å². The van der Waals surface area contributed by atoms with E-state index in [0.717, 1.165) is 28.5 Å². The van der Waals surface area contributed by atoms with Crippen LogP contribution in [0.5, 0.6) is 5.75 Å². The van der Waals surface area contributed by atoms with Gasteiger partial charge in [-0.15, -0.1) is 5.10 Å². The van der Waals surface area contributed by atoms with Crippen molar-refractivity contribution in [2.75, 3.05) is 6.61 Å². The number of hydrogen-bond acceptors (Lipinski definition) is 5. The number of rotatable bonds is 6. The molecule has 0 unspecified atom stereocenters. The largest absolute Gasteiger partial charge is 0.494 e. The summed E-state index contributed by atoms with van der Waals surface area (Å²) < 4.78 is 9.25. The molecule has 0 aliphatic carbocycles. The molecule has 112 valence electrons. The Morgan fingerprint density at radius 3 is 2.67 bits per heavy atom. The van der Waals surface area contributed by atoms with Gasteiger partial charge in [-0.25, -0.2) is 0 Å². The number of amides is 1. The highest BCUT2D eigenvalue weighted by atomic mass is 32.1. The van der Waals surface area contributed by atoms with E-state index < -0.39 is 0 Å². The predicted molar refractivity (Wildman–Crippen MR) is 82.8 cm³/mol. The summed E-state index contributed by atoms with van der Waals surface area (Å²) in [5.74, 6) is 0.711. The average molecular weight is 305 g/mol. The van der Waals surface area contributed by atoms with E-state index in [0.29, 0.717) is 17.9 Å². The molecule has 1 heterocycles. The van der Waals surface area contributed by atoms with Crippen molar-refractivity contribution in [2.45, 2.75) is 33.2 Å². The summed E-state index contributed by atoms with van der Waals surface area (Å²) in [6.07, 6.45) is 0.705. The van der Waals surface area contributed by atoms with E-state index in [9.17, 15) is 4.79 Å². The van der Waals surface area contributed by atoms with Gasteiger partial charge in [-0.3, -0.25) is 4.79 Å². The summed E-state index contributed by atoms with van der Waals surface area (Å²) in [4.78, 5) is 12.8. The third kappa shape index (κ3) is 3.78. The molecule has 0 radical (unpaired) electrons. The van der Waals surface area contributed by atoms with Gasteiger partial charge in [-0.05, 0) is 49.5 Å². The molecule has 2 aromatic rings. The summed E-state index contributed by atoms with van der Waals surface area (Å²) in [5, 5.41) is 6.93. The Morgan fingerprint density at radius 2 is 2.05 bits per heavy atom. The molecule has 5 nitrogen and oxygen atoms in total. The average Bonchev–Trinajstić information content (AvgIpc) is 2.97. The van der Waals surface area contributed by atoms with Gasteiger partial charge in [0.1, 0.15) is 10.6 Å². The van der Waals surface area contributed by atoms with Crippen LogP contribution >= 0.6 is 11.5 Å². The van der Waals surface area contributed by atoms with E-state index in [1.54, 1.807) is 0 Å². The zero-order valence-electron chi connectivity index (χ0n) is 12.4. The Hall–Kier alpha value is -1.95. The van der Waals surface area contributed by atoms with Crippen LogP contribution in [0.15, 0.2) is 24.3 Å². The quantitative estimate of drug-likeness (QED) is 0.891. The van der Waals surface area contributed by atoms with E-state index in [1.807, 2.05) is 45.0 Å². The van der Waals surface area contributed by atoms with Gasteiger partial charge < -0.3 is 10.1 Å². The van der Waals surface area contributed by atoms with Crippen molar-refractivity contribution < 1.29 is 9.53 Å². The first-order chi connectivity index (χ1) is 10.2. The molecule has 1 N–H and O–H groups in total. The number of nitrogens with one attached hydrogen (secondary N) is 1. The number of carbonyl (C=O) groups excluding carboxylic acids is 1. The van der Waals surface area contributed by atoms with Crippen molar-refractivity contribution >= 4 is 17.4 Å². The Labute approximate surface area is 128 Å². The number of aryl methyl sites for hydroxylation is 1. The SMILES string of the molecule is CCOc1ccc([C@H](C)NC(=O)c2snnc2CC)cc1. The first kappa shape index (κ1) is 15.4. The number of carbonyl (C=O) groups is 1. The van der Waals surface area contributed by atoms with Crippen molar-refractivity contribution in [3.63, 3.8) is 0 Å². The fourth-order valence-electron chi connectivity index (χ4n) is 1.98. The Morgan fingerprint density at radius 1 is 1.33 bits per heavy atom. The molecule has 0 saturated carbocycles. The van der Waals surface area contributed by atoms with Crippen molar-refractivity contribution in [3.8, 4) is 5.75 Å². The van der Waals surface area contributed by atoms with Gasteiger partial charge in [0.25, 0.3) is 5.91 Å². The van der Waals surface area contributed by atoms with Crippen LogP contribution in [0.3, 0.4) is 0 Å². The van der Waals surface area contributed by atoms with E-state index in [-0.39, 0.29) is 11.9 Å². The Kier molecular flexibility index (Phi) is 5.27. The molecule has 0 spiro atoms. The monoisotopic (exact) mass is 305 g/mol. The lowest BCUT2D eigenvalue weighted by atomic mass is 10.1. The highest BCUT2D eigenvalue weighted by Gasteiger charge is 2.17. The standard InChI is InChI=1S/C15H19N3O2S/c1-4-13-14(21-18-17-13)15(19)16-10(3)11-6-8-12(9-7-11)20-5-2/h6-10H,4-5H2,1-3H3,(H,16,19)/t10-/m0/s1. The minimum atomic E-state index is -0.122. The molecule has 6 heteroatoms. The van der Waals surface area contributed by atoms with Crippen LogP contribution in [0, 0.1) is 0 Å². The molecule has 1 atom stereocenters. The molecule has 0 aliphatic rings. The summed E-state index contributed by atoms with van der Waals surface area (Å²) in [7, 11) is 0. The smallest absolute Gasteiger partial charge is 0.265 e. The number of hydrogen-bond donors (Lipinski definition) is 1. The number of nitrogens with zero attached hydrogens (tertiary/aromatic N) is 2. The highest BCUT2D eigenvalue weighted by molar-refractivity contribution is 7.08. The van der Waals surface area contributed by atoms with Crippen LogP contribution in [0.25, 0.3) is 0 Å². The minimum absolute atomic E-state index is 0.0833. The zero-order valence-corrected chi connectivity index (χ0v) is 13.2. The van der Waals surface area contributed by atoms with Crippen molar-refractivity contribution in [1.29, 1.82) is 0 Å². The Bertz CT molecular complexity index is 595. The van der Waals surface area contributed by atoms with E-state index >= 15 is 0 Å². The molecular formula is C15H19N3O2S. The number of aromatic nitrogens is 2. The number of ether oxygens (including phenoxy) is 1. The number of benzene rings is 1. The maximum Gasteiger partial charge on any atom is 0.265 e. The molecule has 1 aromatic carbocycles. The first-order valence-corrected chi connectivity index (χ1v) is 7.77. The second kappa shape index (κ2) is 7.17. The molecule has 0 aliphatic heterocycles. The summed E-state index contributed by atoms with van der Waals surface area (Å²) in [6, 6.07) is 7.66. The normalized spacial score (nSPS) is 12.0. The van der Waals surface area contributed by atoms with Gasteiger partial charge in [0.15, 0.2) is 0 Å². The van der Waals surface area contributed by atoms with Gasteiger partial charge >= 0.3 is 0 Å². The van der Waals surface area contributed by atoms with E-state index in [2.05, 4.69) is 14.9 Å². The first-order valence-electron chi connectivity index (χ1n) is 7.00. The fourth-order valence-corrected chi connectivity index (χ4v) is 2.63.